The van der Waals surface area contributed by atoms with Gasteiger partial charge in [0.15, 0.2) is 5.96 Å². The first kappa shape index (κ1) is 18.0. The van der Waals surface area contributed by atoms with Gasteiger partial charge in [0.25, 0.3) is 0 Å². The lowest BCUT2D eigenvalue weighted by Gasteiger charge is -2.34. The molecule has 1 aliphatic carbocycles. The van der Waals surface area contributed by atoms with E-state index in [-0.39, 0.29) is 0 Å². The molecule has 0 spiro atoms. The smallest absolute Gasteiger partial charge is 0.191 e. The van der Waals surface area contributed by atoms with Crippen LogP contribution in [0.3, 0.4) is 0 Å². The topological polar surface area (TPSA) is 52.6 Å². The molecule has 1 saturated carbocycles. The molecule has 5 heteroatoms. The normalized spacial score (nSPS) is 24.3. The van der Waals surface area contributed by atoms with Gasteiger partial charge < -0.3 is 15.5 Å². The Morgan fingerprint density at radius 3 is 2.68 bits per heavy atom. The maximum atomic E-state index is 4.65. The SMILES string of the molecule is CCCC1CC1NC(=NCC)NC1CCN(c2ccc(C)cn2)CC1. The largest absolute Gasteiger partial charge is 0.356 e. The van der Waals surface area contributed by atoms with E-state index >= 15 is 0 Å². The summed E-state index contributed by atoms with van der Waals surface area (Å²) >= 11 is 0. The molecule has 1 aromatic rings. The van der Waals surface area contributed by atoms with Gasteiger partial charge in [-0.3, -0.25) is 4.99 Å². The highest BCUT2D eigenvalue weighted by Gasteiger charge is 2.37. The van der Waals surface area contributed by atoms with Crippen molar-refractivity contribution in [1.29, 1.82) is 0 Å². The number of rotatable bonds is 6. The summed E-state index contributed by atoms with van der Waals surface area (Å²) in [4.78, 5) is 11.6. The van der Waals surface area contributed by atoms with Gasteiger partial charge in [-0.25, -0.2) is 4.98 Å². The number of aliphatic imine (C=N–C) groups is 1. The van der Waals surface area contributed by atoms with Crippen LogP contribution in [0.5, 0.6) is 0 Å². The van der Waals surface area contributed by atoms with Crippen molar-refractivity contribution < 1.29 is 0 Å². The molecule has 2 N–H and O–H groups in total. The van der Waals surface area contributed by atoms with Gasteiger partial charge in [-0.15, -0.1) is 0 Å². The van der Waals surface area contributed by atoms with Crippen molar-refractivity contribution in [2.24, 2.45) is 10.9 Å². The monoisotopic (exact) mass is 343 g/mol. The minimum Gasteiger partial charge on any atom is -0.356 e. The molecule has 25 heavy (non-hydrogen) atoms. The number of pyridine rings is 1. The molecule has 2 aliphatic rings. The highest BCUT2D eigenvalue weighted by Crippen LogP contribution is 2.34. The Labute approximate surface area is 152 Å². The van der Waals surface area contributed by atoms with E-state index in [1.807, 2.05) is 6.20 Å². The standard InChI is InChI=1S/C20H33N5/c1-4-6-16-13-18(16)24-20(21-5-2)23-17-9-11-25(12-10-17)19-8-7-15(3)14-22-19/h7-8,14,16-18H,4-6,9-13H2,1-3H3,(H2,21,23,24). The fraction of sp³-hybridized carbons (Fsp3) is 0.700. The van der Waals surface area contributed by atoms with E-state index in [0.29, 0.717) is 12.1 Å². The van der Waals surface area contributed by atoms with Crippen LogP contribution in [0.1, 0.15) is 51.5 Å². The Balaban J connectivity index is 1.46. The fourth-order valence-electron chi connectivity index (χ4n) is 3.67. The Morgan fingerprint density at radius 1 is 1.24 bits per heavy atom. The van der Waals surface area contributed by atoms with Crippen molar-refractivity contribution in [2.45, 2.75) is 65.0 Å². The number of nitrogens with one attached hydrogen (secondary N) is 2. The molecule has 1 aromatic heterocycles. The Morgan fingerprint density at radius 2 is 2.04 bits per heavy atom. The van der Waals surface area contributed by atoms with Crippen LogP contribution in [0, 0.1) is 12.8 Å². The van der Waals surface area contributed by atoms with Crippen molar-refractivity contribution in [2.75, 3.05) is 24.5 Å². The Kier molecular flexibility index (Phi) is 6.16. The molecular weight excluding hydrogens is 310 g/mol. The second kappa shape index (κ2) is 8.54. The minimum atomic E-state index is 0.503. The quantitative estimate of drug-likeness (QED) is 0.616. The van der Waals surface area contributed by atoms with Crippen LogP contribution in [0.25, 0.3) is 0 Å². The van der Waals surface area contributed by atoms with Crippen molar-refractivity contribution in [3.63, 3.8) is 0 Å². The molecule has 1 aliphatic heterocycles. The molecule has 2 fully saturated rings. The van der Waals surface area contributed by atoms with Crippen LogP contribution in [0.4, 0.5) is 5.82 Å². The number of nitrogens with zero attached hydrogens (tertiary/aromatic N) is 3. The van der Waals surface area contributed by atoms with Gasteiger partial charge in [0.1, 0.15) is 5.82 Å². The molecule has 0 amide bonds. The average Bonchev–Trinajstić information content (AvgIpc) is 3.34. The number of anilines is 1. The fourth-order valence-corrected chi connectivity index (χ4v) is 3.67. The van der Waals surface area contributed by atoms with E-state index in [1.165, 1.54) is 24.8 Å². The van der Waals surface area contributed by atoms with Gasteiger partial charge in [0, 0.05) is 37.9 Å². The van der Waals surface area contributed by atoms with E-state index < -0.39 is 0 Å². The lowest BCUT2D eigenvalue weighted by molar-refractivity contribution is 0.458. The van der Waals surface area contributed by atoms with E-state index in [4.69, 9.17) is 0 Å². The predicted molar refractivity (Wildman–Crippen MR) is 105 cm³/mol. The molecule has 5 nitrogen and oxygen atoms in total. The molecule has 3 rings (SSSR count). The van der Waals surface area contributed by atoms with Gasteiger partial charge >= 0.3 is 0 Å². The van der Waals surface area contributed by atoms with E-state index in [1.54, 1.807) is 0 Å². The van der Waals surface area contributed by atoms with Crippen LogP contribution < -0.4 is 15.5 Å². The highest BCUT2D eigenvalue weighted by molar-refractivity contribution is 5.80. The zero-order chi connectivity index (χ0) is 17.6. The van der Waals surface area contributed by atoms with Crippen LogP contribution in [-0.4, -0.2) is 42.7 Å². The van der Waals surface area contributed by atoms with Crippen molar-refractivity contribution in [1.82, 2.24) is 15.6 Å². The molecule has 0 aromatic carbocycles. The molecule has 0 bridgehead atoms. The summed E-state index contributed by atoms with van der Waals surface area (Å²) in [5.41, 5.74) is 1.22. The van der Waals surface area contributed by atoms with Gasteiger partial charge in [0.05, 0.1) is 0 Å². The molecule has 2 unspecified atom stereocenters. The molecule has 1 saturated heterocycles. The lowest BCUT2D eigenvalue weighted by Crippen LogP contribution is -2.49. The number of aromatic nitrogens is 1. The van der Waals surface area contributed by atoms with Gasteiger partial charge in [-0.05, 0) is 57.1 Å². The summed E-state index contributed by atoms with van der Waals surface area (Å²) in [5.74, 6) is 2.96. The maximum absolute atomic E-state index is 4.65. The van der Waals surface area contributed by atoms with E-state index in [9.17, 15) is 0 Å². The summed E-state index contributed by atoms with van der Waals surface area (Å²) in [6.07, 6.45) is 8.13. The zero-order valence-electron chi connectivity index (χ0n) is 16.0. The van der Waals surface area contributed by atoms with Gasteiger partial charge in [-0.1, -0.05) is 19.4 Å². The lowest BCUT2D eigenvalue weighted by atomic mass is 10.1. The summed E-state index contributed by atoms with van der Waals surface area (Å²) in [6.45, 7) is 9.38. The van der Waals surface area contributed by atoms with Crippen LogP contribution in [0.2, 0.25) is 0 Å². The van der Waals surface area contributed by atoms with Crippen molar-refractivity contribution in [3.05, 3.63) is 23.9 Å². The highest BCUT2D eigenvalue weighted by atomic mass is 15.2. The molecule has 2 heterocycles. The summed E-state index contributed by atoms with van der Waals surface area (Å²) in [5, 5.41) is 7.30. The Hall–Kier alpha value is -1.78. The third-order valence-electron chi connectivity index (χ3n) is 5.28. The number of piperidine rings is 1. The van der Waals surface area contributed by atoms with E-state index in [0.717, 1.165) is 50.2 Å². The predicted octanol–water partition coefficient (Wildman–Crippen LogP) is 3.10. The summed E-state index contributed by atoms with van der Waals surface area (Å²) in [7, 11) is 0. The first-order valence-electron chi connectivity index (χ1n) is 9.94. The maximum Gasteiger partial charge on any atom is 0.191 e. The third kappa shape index (κ3) is 5.10. The number of hydrogen-bond donors (Lipinski definition) is 2. The van der Waals surface area contributed by atoms with Crippen molar-refractivity contribution >= 4 is 11.8 Å². The van der Waals surface area contributed by atoms with Crippen LogP contribution in [0.15, 0.2) is 23.3 Å². The number of hydrogen-bond acceptors (Lipinski definition) is 3. The van der Waals surface area contributed by atoms with E-state index in [2.05, 4.69) is 58.4 Å². The minimum absolute atomic E-state index is 0.503. The zero-order valence-corrected chi connectivity index (χ0v) is 16.0. The first-order valence-corrected chi connectivity index (χ1v) is 9.94. The summed E-state index contributed by atoms with van der Waals surface area (Å²) in [6, 6.07) is 5.41. The number of guanidine groups is 1. The second-order valence-corrected chi connectivity index (χ2v) is 7.46. The molecule has 0 radical (unpaired) electrons. The average molecular weight is 344 g/mol. The first-order chi connectivity index (χ1) is 12.2. The number of aryl methyl sites for hydroxylation is 1. The second-order valence-electron chi connectivity index (χ2n) is 7.46. The molecule has 138 valence electrons. The van der Waals surface area contributed by atoms with Crippen LogP contribution in [-0.2, 0) is 0 Å². The van der Waals surface area contributed by atoms with Gasteiger partial charge in [-0.2, -0.15) is 0 Å². The molecular formula is C20H33N5. The Bertz CT molecular complexity index is 560. The summed E-state index contributed by atoms with van der Waals surface area (Å²) < 4.78 is 0. The van der Waals surface area contributed by atoms with Crippen molar-refractivity contribution in [3.8, 4) is 0 Å². The van der Waals surface area contributed by atoms with Gasteiger partial charge in [0.2, 0.25) is 0 Å². The third-order valence-corrected chi connectivity index (χ3v) is 5.28. The van der Waals surface area contributed by atoms with Crippen LogP contribution >= 0.6 is 0 Å². The molecule has 2 atom stereocenters.